The normalized spacial score (nSPS) is 17.7. The Bertz CT molecular complexity index is 1340. The quantitative estimate of drug-likeness (QED) is 0.413. The second kappa shape index (κ2) is 10.9. The Hall–Kier alpha value is -3.45. The molecular formula is C31H36N6. The van der Waals surface area contributed by atoms with Crippen molar-refractivity contribution < 1.29 is 0 Å². The third kappa shape index (κ3) is 5.62. The summed E-state index contributed by atoms with van der Waals surface area (Å²) in [7, 11) is 2.19. The van der Waals surface area contributed by atoms with Crippen LogP contribution in [0.3, 0.4) is 0 Å². The van der Waals surface area contributed by atoms with Gasteiger partial charge in [0.25, 0.3) is 0 Å². The smallest absolute Gasteiger partial charge is 0.0927 e. The van der Waals surface area contributed by atoms with Crippen LogP contribution in [0.5, 0.6) is 0 Å². The Kier molecular flexibility index (Phi) is 7.04. The van der Waals surface area contributed by atoms with Crippen LogP contribution in [0.1, 0.15) is 16.8 Å². The summed E-state index contributed by atoms with van der Waals surface area (Å²) in [6.45, 7) is 9.85. The number of nitrogens with one attached hydrogen (secondary N) is 2. The molecule has 6 heteroatoms. The molecule has 6 rings (SSSR count). The summed E-state index contributed by atoms with van der Waals surface area (Å²) in [6.07, 6.45) is 4.27. The van der Waals surface area contributed by atoms with E-state index in [0.717, 1.165) is 75.5 Å². The highest BCUT2D eigenvalue weighted by atomic mass is 15.2. The molecule has 2 aliphatic heterocycles. The van der Waals surface area contributed by atoms with Gasteiger partial charge in [-0.05, 0) is 59.6 Å². The average molecular weight is 493 g/mol. The predicted molar refractivity (Wildman–Crippen MR) is 155 cm³/mol. The Labute approximate surface area is 219 Å². The van der Waals surface area contributed by atoms with E-state index in [0.29, 0.717) is 0 Å². The van der Waals surface area contributed by atoms with Crippen molar-refractivity contribution in [2.75, 3.05) is 64.3 Å². The summed E-state index contributed by atoms with van der Waals surface area (Å²) in [5.41, 5.74) is 8.34. The molecule has 0 saturated carbocycles. The maximum atomic E-state index is 4.59. The van der Waals surface area contributed by atoms with Crippen LogP contribution in [-0.4, -0.2) is 79.4 Å². The van der Waals surface area contributed by atoms with Crippen molar-refractivity contribution in [2.24, 2.45) is 0 Å². The van der Waals surface area contributed by atoms with E-state index in [4.69, 9.17) is 0 Å². The van der Waals surface area contributed by atoms with Crippen LogP contribution in [0.25, 0.3) is 34.2 Å². The van der Waals surface area contributed by atoms with Crippen LogP contribution in [0.2, 0.25) is 0 Å². The van der Waals surface area contributed by atoms with E-state index in [1.165, 1.54) is 27.9 Å². The summed E-state index contributed by atoms with van der Waals surface area (Å²) < 4.78 is 0. The van der Waals surface area contributed by atoms with E-state index in [1.807, 2.05) is 0 Å². The number of benzene rings is 3. The fourth-order valence-electron chi connectivity index (χ4n) is 5.31. The number of aromatic amines is 1. The Balaban J connectivity index is 1.15. The van der Waals surface area contributed by atoms with Gasteiger partial charge >= 0.3 is 0 Å². The highest BCUT2D eigenvalue weighted by Crippen LogP contribution is 2.27. The monoisotopic (exact) mass is 492 g/mol. The number of fused-ring (bicyclic) bond motifs is 1. The fraction of sp³-hybridized carbons (Fsp3) is 0.323. The van der Waals surface area contributed by atoms with Crippen LogP contribution in [0.15, 0.2) is 66.7 Å². The number of nitrogens with zero attached hydrogens (tertiary/aromatic N) is 4. The minimum Gasteiger partial charge on any atom is -0.369 e. The Morgan fingerprint density at radius 2 is 1.51 bits per heavy atom. The van der Waals surface area contributed by atoms with E-state index < -0.39 is 0 Å². The molecule has 0 amide bonds. The van der Waals surface area contributed by atoms with Gasteiger partial charge in [-0.25, -0.2) is 0 Å². The van der Waals surface area contributed by atoms with Gasteiger partial charge < -0.3 is 15.1 Å². The first-order valence-corrected chi connectivity index (χ1v) is 13.4. The number of hydrogen-bond acceptors (Lipinski definition) is 5. The lowest BCUT2D eigenvalue weighted by Gasteiger charge is -2.34. The van der Waals surface area contributed by atoms with Gasteiger partial charge in [0.2, 0.25) is 0 Å². The van der Waals surface area contributed by atoms with E-state index >= 15 is 0 Å². The number of aromatic nitrogens is 2. The molecule has 0 bridgehead atoms. The molecule has 2 N–H and O–H groups in total. The molecule has 37 heavy (non-hydrogen) atoms. The molecule has 6 nitrogen and oxygen atoms in total. The fourth-order valence-corrected chi connectivity index (χ4v) is 5.31. The van der Waals surface area contributed by atoms with E-state index in [2.05, 4.69) is 116 Å². The molecule has 0 spiro atoms. The van der Waals surface area contributed by atoms with Gasteiger partial charge in [0.1, 0.15) is 0 Å². The van der Waals surface area contributed by atoms with Crippen molar-refractivity contribution >= 4 is 28.7 Å². The van der Waals surface area contributed by atoms with Gasteiger partial charge in [0, 0.05) is 70.0 Å². The number of piperazine rings is 2. The van der Waals surface area contributed by atoms with Gasteiger partial charge in [0.15, 0.2) is 0 Å². The third-order valence-electron chi connectivity index (χ3n) is 7.69. The number of likely N-dealkylation sites (N-methyl/N-ethyl adjacent to an activating group) is 1. The Morgan fingerprint density at radius 3 is 2.27 bits per heavy atom. The summed E-state index contributed by atoms with van der Waals surface area (Å²) >= 11 is 0. The first-order chi connectivity index (χ1) is 18.2. The predicted octanol–water partition coefficient (Wildman–Crippen LogP) is 4.56. The molecule has 0 radical (unpaired) electrons. The van der Waals surface area contributed by atoms with Gasteiger partial charge in [-0.3, -0.25) is 10.00 Å². The first kappa shape index (κ1) is 23.9. The van der Waals surface area contributed by atoms with Gasteiger partial charge in [-0.2, -0.15) is 5.10 Å². The van der Waals surface area contributed by atoms with Crippen molar-refractivity contribution in [3.63, 3.8) is 0 Å². The number of anilines is 1. The largest absolute Gasteiger partial charge is 0.369 e. The molecule has 4 aromatic rings. The van der Waals surface area contributed by atoms with Crippen LogP contribution in [-0.2, 0) is 6.54 Å². The van der Waals surface area contributed by atoms with E-state index in [-0.39, 0.29) is 0 Å². The van der Waals surface area contributed by atoms with Gasteiger partial charge in [-0.1, -0.05) is 48.5 Å². The average Bonchev–Trinajstić information content (AvgIpc) is 3.36. The number of H-pyrrole nitrogens is 1. The highest BCUT2D eigenvalue weighted by molar-refractivity contribution is 5.92. The second-order valence-corrected chi connectivity index (χ2v) is 10.3. The zero-order valence-corrected chi connectivity index (χ0v) is 21.7. The maximum Gasteiger partial charge on any atom is 0.0927 e. The minimum atomic E-state index is 0.968. The molecule has 3 heterocycles. The molecule has 0 unspecified atom stereocenters. The first-order valence-electron chi connectivity index (χ1n) is 13.4. The molecule has 1 aromatic heterocycles. The van der Waals surface area contributed by atoms with E-state index in [1.54, 1.807) is 0 Å². The Morgan fingerprint density at radius 1 is 0.784 bits per heavy atom. The molecule has 0 aliphatic carbocycles. The summed E-state index contributed by atoms with van der Waals surface area (Å²) in [5.74, 6) is 0. The molecule has 0 atom stereocenters. The van der Waals surface area contributed by atoms with Crippen LogP contribution in [0.4, 0.5) is 5.69 Å². The standard InChI is InChI=1S/C31H36N6/c1-35-18-20-37(21-19-35)28-10-4-24(5-11-28)6-12-30-29-22-27(9-13-31(29)34-33-30)26-7-2-25(3-8-26)23-36-16-14-32-15-17-36/h2-13,22,32H,14-21,23H2,1H3,(H,33,34). The van der Waals surface area contributed by atoms with Crippen molar-refractivity contribution in [1.82, 2.24) is 25.3 Å². The molecular weight excluding hydrogens is 456 g/mol. The highest BCUT2D eigenvalue weighted by Gasteiger charge is 2.14. The third-order valence-corrected chi connectivity index (χ3v) is 7.69. The summed E-state index contributed by atoms with van der Waals surface area (Å²) in [6, 6.07) is 24.5. The number of hydrogen-bond donors (Lipinski definition) is 2. The molecule has 2 fully saturated rings. The topological polar surface area (TPSA) is 50.4 Å². The molecule has 2 aliphatic rings. The molecule has 3 aromatic carbocycles. The lowest BCUT2D eigenvalue weighted by molar-refractivity contribution is 0.233. The number of rotatable bonds is 6. The maximum absolute atomic E-state index is 4.59. The zero-order valence-electron chi connectivity index (χ0n) is 21.7. The van der Waals surface area contributed by atoms with Crippen LogP contribution >= 0.6 is 0 Å². The summed E-state index contributed by atoms with van der Waals surface area (Å²) in [4.78, 5) is 7.37. The minimum absolute atomic E-state index is 0.968. The van der Waals surface area contributed by atoms with Crippen LogP contribution < -0.4 is 10.2 Å². The lowest BCUT2D eigenvalue weighted by atomic mass is 10.0. The van der Waals surface area contributed by atoms with Crippen molar-refractivity contribution in [3.8, 4) is 11.1 Å². The van der Waals surface area contributed by atoms with Crippen molar-refractivity contribution in [1.29, 1.82) is 0 Å². The molecule has 2 saturated heterocycles. The van der Waals surface area contributed by atoms with Crippen molar-refractivity contribution in [2.45, 2.75) is 6.54 Å². The summed E-state index contributed by atoms with van der Waals surface area (Å²) in [5, 5.41) is 12.3. The zero-order chi connectivity index (χ0) is 25.0. The lowest BCUT2D eigenvalue weighted by Crippen LogP contribution is -2.44. The molecule has 190 valence electrons. The van der Waals surface area contributed by atoms with Gasteiger partial charge in [0.05, 0.1) is 11.2 Å². The second-order valence-electron chi connectivity index (χ2n) is 10.3. The van der Waals surface area contributed by atoms with E-state index in [9.17, 15) is 0 Å². The van der Waals surface area contributed by atoms with Crippen LogP contribution in [0, 0.1) is 0 Å². The van der Waals surface area contributed by atoms with Gasteiger partial charge in [-0.15, -0.1) is 0 Å². The SMILES string of the molecule is CN1CCN(c2ccc(C=Cc3n[nH]c4ccc(-c5ccc(CN6CCNCC6)cc5)cc34)cc2)CC1. The van der Waals surface area contributed by atoms with Crippen molar-refractivity contribution in [3.05, 3.63) is 83.6 Å².